The predicted octanol–water partition coefficient (Wildman–Crippen LogP) is 1.92. The molecule has 1 aliphatic heterocycles. The molecular weight excluding hydrogens is 462 g/mol. The Balaban J connectivity index is 1.50. The smallest absolute Gasteiger partial charge is 0.373 e. The van der Waals surface area contributed by atoms with E-state index in [1.807, 2.05) is 0 Å². The minimum absolute atomic E-state index is 0.00870. The zero-order valence-corrected chi connectivity index (χ0v) is 16.6. The van der Waals surface area contributed by atoms with Crippen molar-refractivity contribution in [2.24, 2.45) is 5.92 Å². The second-order valence-corrected chi connectivity index (χ2v) is 7.62. The average Bonchev–Trinajstić information content (AvgIpc) is 3.41. The molecule has 33 heavy (non-hydrogen) atoms. The molecule has 0 bridgehead atoms. The number of likely N-dealkylation sites (tertiary alicyclic amines) is 1. The maximum atomic E-state index is 13.1. The second kappa shape index (κ2) is 7.60. The van der Waals surface area contributed by atoms with Gasteiger partial charge in [0, 0.05) is 31.4 Å². The van der Waals surface area contributed by atoms with Crippen molar-refractivity contribution in [3.8, 4) is 5.95 Å². The van der Waals surface area contributed by atoms with Gasteiger partial charge in [-0.3, -0.25) is 14.6 Å². The number of piperidine rings is 1. The highest BCUT2D eigenvalue weighted by Gasteiger charge is 2.73. The Hall–Kier alpha value is -3.36. The van der Waals surface area contributed by atoms with E-state index in [0.717, 1.165) is 15.8 Å². The van der Waals surface area contributed by atoms with Crippen LogP contribution < -0.4 is 5.56 Å². The van der Waals surface area contributed by atoms with Crippen molar-refractivity contribution >= 4 is 11.4 Å². The first kappa shape index (κ1) is 22.8. The zero-order valence-electron chi connectivity index (χ0n) is 16.6. The van der Waals surface area contributed by atoms with Crippen LogP contribution in [0.2, 0.25) is 0 Å². The number of aromatic amines is 1. The number of fused-ring (bicyclic) bond motifs is 1. The number of aliphatic hydroxyl groups is 1. The van der Waals surface area contributed by atoms with Crippen LogP contribution in [0.15, 0.2) is 35.5 Å². The molecule has 9 nitrogen and oxygen atoms in total. The molecule has 1 amide bonds. The number of hydrogen-bond donors (Lipinski definition) is 2. The average molecular weight is 478 g/mol. The number of carbonyl (C=O) groups excluding carboxylic acids is 1. The van der Waals surface area contributed by atoms with E-state index in [2.05, 4.69) is 15.2 Å². The number of halogens is 6. The van der Waals surface area contributed by atoms with Crippen molar-refractivity contribution in [2.45, 2.75) is 30.8 Å². The molecule has 4 heterocycles. The molecule has 3 aromatic rings. The number of rotatable bonds is 3. The summed E-state index contributed by atoms with van der Waals surface area (Å²) in [7, 11) is 0. The van der Waals surface area contributed by atoms with Gasteiger partial charge in [0.15, 0.2) is 0 Å². The molecular formula is C18H16F6N6O3. The van der Waals surface area contributed by atoms with Gasteiger partial charge < -0.3 is 10.0 Å². The number of H-pyrrole nitrogens is 1. The van der Waals surface area contributed by atoms with Gasteiger partial charge in [-0.2, -0.15) is 31.4 Å². The Labute approximate surface area is 180 Å². The molecule has 1 fully saturated rings. The number of carbonyl (C=O) groups is 1. The van der Waals surface area contributed by atoms with E-state index >= 15 is 0 Å². The summed E-state index contributed by atoms with van der Waals surface area (Å²) in [5.74, 6) is -2.83. The lowest BCUT2D eigenvalue weighted by atomic mass is 9.79. The molecule has 15 heteroatoms. The van der Waals surface area contributed by atoms with E-state index in [9.17, 15) is 41.0 Å². The van der Waals surface area contributed by atoms with Gasteiger partial charge >= 0.3 is 12.4 Å². The van der Waals surface area contributed by atoms with Gasteiger partial charge in [0.25, 0.3) is 17.1 Å². The summed E-state index contributed by atoms with van der Waals surface area (Å²) in [6.07, 6.45) is -9.33. The highest BCUT2D eigenvalue weighted by atomic mass is 19.4. The second-order valence-electron chi connectivity index (χ2n) is 7.62. The third-order valence-corrected chi connectivity index (χ3v) is 5.67. The fourth-order valence-corrected chi connectivity index (χ4v) is 3.89. The molecule has 0 aromatic carbocycles. The topological polar surface area (TPSA) is 109 Å². The summed E-state index contributed by atoms with van der Waals surface area (Å²) in [6.45, 7) is -0.846. The Bertz CT molecular complexity index is 1220. The maximum Gasteiger partial charge on any atom is 0.426 e. The van der Waals surface area contributed by atoms with E-state index in [0.29, 0.717) is 0 Å². The number of alkyl halides is 6. The first-order valence-electron chi connectivity index (χ1n) is 9.61. The number of nitrogens with one attached hydrogen (secondary N) is 1. The van der Waals surface area contributed by atoms with Crippen LogP contribution in [0.25, 0.3) is 11.5 Å². The van der Waals surface area contributed by atoms with Gasteiger partial charge in [-0.15, -0.1) is 5.10 Å². The molecule has 1 aliphatic rings. The summed E-state index contributed by atoms with van der Waals surface area (Å²) in [5.41, 5.74) is -5.04. The van der Waals surface area contributed by atoms with Crippen LogP contribution in [0.4, 0.5) is 26.3 Å². The van der Waals surface area contributed by atoms with Crippen LogP contribution in [0.5, 0.6) is 0 Å². The van der Waals surface area contributed by atoms with Crippen molar-refractivity contribution in [3.63, 3.8) is 0 Å². The van der Waals surface area contributed by atoms with E-state index < -0.39 is 61.3 Å². The van der Waals surface area contributed by atoms with Crippen LogP contribution >= 0.6 is 0 Å². The Morgan fingerprint density at radius 2 is 1.76 bits per heavy atom. The Morgan fingerprint density at radius 1 is 1.12 bits per heavy atom. The van der Waals surface area contributed by atoms with Crippen molar-refractivity contribution in [2.75, 3.05) is 13.1 Å². The van der Waals surface area contributed by atoms with Gasteiger partial charge in [-0.25, -0.2) is 9.20 Å². The molecule has 4 rings (SSSR count). The molecule has 2 N–H and O–H groups in total. The number of aromatic nitrogens is 5. The fraction of sp³-hybridized carbons (Fsp3) is 0.444. The third-order valence-electron chi connectivity index (χ3n) is 5.67. The lowest BCUT2D eigenvalue weighted by molar-refractivity contribution is -0.387. The first-order chi connectivity index (χ1) is 15.3. The third kappa shape index (κ3) is 3.75. The highest BCUT2D eigenvalue weighted by Crippen LogP contribution is 2.50. The predicted molar refractivity (Wildman–Crippen MR) is 98.6 cm³/mol. The van der Waals surface area contributed by atoms with Crippen LogP contribution in [0.3, 0.4) is 0 Å². The maximum absolute atomic E-state index is 13.1. The van der Waals surface area contributed by atoms with Crippen LogP contribution in [-0.4, -0.2) is 71.3 Å². The summed E-state index contributed by atoms with van der Waals surface area (Å²) < 4.78 is 80.9. The molecule has 178 valence electrons. The molecule has 0 aliphatic carbocycles. The number of nitrogens with zero attached hydrogens (tertiary/aromatic N) is 5. The molecule has 3 aromatic heterocycles. The first-order valence-corrected chi connectivity index (χ1v) is 9.61. The van der Waals surface area contributed by atoms with Crippen LogP contribution in [0.1, 0.15) is 23.2 Å². The molecule has 0 saturated carbocycles. The summed E-state index contributed by atoms with van der Waals surface area (Å²) in [4.78, 5) is 28.3. The van der Waals surface area contributed by atoms with E-state index in [1.165, 1.54) is 23.0 Å². The molecule has 1 saturated heterocycles. The monoisotopic (exact) mass is 478 g/mol. The summed E-state index contributed by atoms with van der Waals surface area (Å²) in [6, 6.07) is 3.14. The van der Waals surface area contributed by atoms with Crippen molar-refractivity contribution in [1.29, 1.82) is 0 Å². The molecule has 0 atom stereocenters. The SMILES string of the molecule is O=C(c1cnn(-c2nn3cccc3c(=O)[nH]2)c1)N1CCC(C(O)(C(F)(F)F)C(F)(F)F)CC1. The van der Waals surface area contributed by atoms with Crippen LogP contribution in [0, 0.1) is 5.92 Å². The highest BCUT2D eigenvalue weighted by molar-refractivity contribution is 5.93. The van der Waals surface area contributed by atoms with E-state index in [1.54, 1.807) is 6.07 Å². The van der Waals surface area contributed by atoms with Gasteiger partial charge in [0.1, 0.15) is 5.52 Å². The Morgan fingerprint density at radius 3 is 2.36 bits per heavy atom. The molecule has 0 spiro atoms. The quantitative estimate of drug-likeness (QED) is 0.560. The zero-order chi connectivity index (χ0) is 24.2. The molecule has 0 radical (unpaired) electrons. The lowest BCUT2D eigenvalue weighted by Crippen LogP contribution is -2.63. The fourth-order valence-electron chi connectivity index (χ4n) is 3.89. The van der Waals surface area contributed by atoms with E-state index in [-0.39, 0.29) is 17.0 Å². The molecule has 0 unspecified atom stereocenters. The normalized spacial score (nSPS) is 16.5. The lowest BCUT2D eigenvalue weighted by Gasteiger charge is -2.42. The Kier molecular flexibility index (Phi) is 5.26. The van der Waals surface area contributed by atoms with Crippen molar-refractivity contribution in [1.82, 2.24) is 29.3 Å². The minimum Gasteiger partial charge on any atom is -0.373 e. The van der Waals surface area contributed by atoms with Crippen molar-refractivity contribution < 1.29 is 36.2 Å². The van der Waals surface area contributed by atoms with Crippen LogP contribution in [-0.2, 0) is 0 Å². The van der Waals surface area contributed by atoms with Crippen molar-refractivity contribution in [3.05, 3.63) is 46.6 Å². The van der Waals surface area contributed by atoms with Gasteiger partial charge in [-0.1, -0.05) is 0 Å². The van der Waals surface area contributed by atoms with Gasteiger partial charge in [0.2, 0.25) is 5.95 Å². The largest absolute Gasteiger partial charge is 0.426 e. The van der Waals surface area contributed by atoms with Gasteiger partial charge in [0.05, 0.1) is 11.8 Å². The number of amides is 1. The summed E-state index contributed by atoms with van der Waals surface area (Å²) in [5, 5.41) is 17.6. The van der Waals surface area contributed by atoms with E-state index in [4.69, 9.17) is 0 Å². The van der Waals surface area contributed by atoms with Gasteiger partial charge in [-0.05, 0) is 25.0 Å². The standard InChI is InChI=1S/C18H16F6N6O3/c19-17(20,21)16(33,18(22,23)24)11-3-6-28(7-4-11)14(32)10-8-25-30(9-10)15-26-13(31)12-2-1-5-29(12)27-15/h1-2,5,8-9,11,33H,3-4,6-7H2,(H,26,27,31). The number of hydrogen-bond acceptors (Lipinski definition) is 5. The summed E-state index contributed by atoms with van der Waals surface area (Å²) >= 11 is 0. The minimum atomic E-state index is -5.91.